The highest BCUT2D eigenvalue weighted by Gasteiger charge is 2.32. The van der Waals surface area contributed by atoms with Crippen LogP contribution in [0.1, 0.15) is 36.4 Å². The van der Waals surface area contributed by atoms with E-state index < -0.39 is 0 Å². The van der Waals surface area contributed by atoms with Crippen molar-refractivity contribution in [2.24, 2.45) is 5.41 Å². The summed E-state index contributed by atoms with van der Waals surface area (Å²) < 4.78 is 5.09. The fraction of sp³-hybridized carbons (Fsp3) is 0.643. The van der Waals surface area contributed by atoms with E-state index in [-0.39, 0.29) is 23.7 Å². The van der Waals surface area contributed by atoms with Crippen molar-refractivity contribution >= 4 is 29.7 Å². The number of carbonyl (C=O) groups is 1. The Morgan fingerprint density at radius 1 is 1.60 bits per heavy atom. The summed E-state index contributed by atoms with van der Waals surface area (Å²) in [4.78, 5) is 12.7. The fourth-order valence-corrected chi connectivity index (χ4v) is 3.22. The SMILES string of the molecule is COc1csc(C(=O)NCC2NCCCC2(C)C)c1.Cl. The third-order valence-electron chi connectivity index (χ3n) is 3.83. The average molecular weight is 319 g/mol. The number of piperidine rings is 1. The predicted octanol–water partition coefficient (Wildman–Crippen LogP) is 2.69. The van der Waals surface area contributed by atoms with Gasteiger partial charge in [-0.3, -0.25) is 4.79 Å². The smallest absolute Gasteiger partial charge is 0.261 e. The Balaban J connectivity index is 0.00000200. The van der Waals surface area contributed by atoms with E-state index in [1.54, 1.807) is 13.2 Å². The Hall–Kier alpha value is -0.780. The molecule has 1 aliphatic heterocycles. The molecular weight excluding hydrogens is 296 g/mol. The van der Waals surface area contributed by atoms with Crippen LogP contribution in [0.25, 0.3) is 0 Å². The first-order chi connectivity index (χ1) is 9.03. The molecule has 1 aromatic heterocycles. The van der Waals surface area contributed by atoms with E-state index in [1.807, 2.05) is 5.38 Å². The number of amides is 1. The molecule has 0 spiro atoms. The highest BCUT2D eigenvalue weighted by atomic mass is 35.5. The van der Waals surface area contributed by atoms with Crippen molar-refractivity contribution < 1.29 is 9.53 Å². The van der Waals surface area contributed by atoms with Crippen LogP contribution in [0.4, 0.5) is 0 Å². The number of rotatable bonds is 4. The zero-order chi connectivity index (χ0) is 13.9. The summed E-state index contributed by atoms with van der Waals surface area (Å²) in [7, 11) is 1.61. The van der Waals surface area contributed by atoms with Crippen LogP contribution in [-0.4, -0.2) is 32.1 Å². The molecule has 1 aromatic rings. The number of hydrogen-bond donors (Lipinski definition) is 2. The summed E-state index contributed by atoms with van der Waals surface area (Å²) in [6, 6.07) is 2.12. The minimum absolute atomic E-state index is 0. The van der Waals surface area contributed by atoms with Gasteiger partial charge >= 0.3 is 0 Å². The maximum atomic E-state index is 12.0. The Labute approximate surface area is 130 Å². The van der Waals surface area contributed by atoms with Crippen LogP contribution in [0, 0.1) is 5.41 Å². The standard InChI is InChI=1S/C14H22N2O2S.ClH/c1-14(2)5-4-6-15-12(14)8-16-13(17)11-7-10(18-3)9-19-11;/h7,9,12,15H,4-6,8H2,1-3H3,(H,16,17);1H. The maximum Gasteiger partial charge on any atom is 0.261 e. The highest BCUT2D eigenvalue weighted by molar-refractivity contribution is 7.12. The van der Waals surface area contributed by atoms with Gasteiger partial charge in [-0.15, -0.1) is 23.7 Å². The second-order valence-corrected chi connectivity index (χ2v) is 6.57. The molecule has 1 amide bonds. The normalized spacial score (nSPS) is 20.9. The van der Waals surface area contributed by atoms with Crippen LogP contribution >= 0.6 is 23.7 Å². The van der Waals surface area contributed by atoms with Gasteiger partial charge in [-0.05, 0) is 24.8 Å². The minimum Gasteiger partial charge on any atom is -0.496 e. The first kappa shape index (κ1) is 17.3. The van der Waals surface area contributed by atoms with Crippen molar-refractivity contribution in [2.45, 2.75) is 32.7 Å². The largest absolute Gasteiger partial charge is 0.496 e. The van der Waals surface area contributed by atoms with E-state index in [4.69, 9.17) is 4.74 Å². The molecule has 0 bridgehead atoms. The lowest BCUT2D eigenvalue weighted by atomic mass is 9.77. The second-order valence-electron chi connectivity index (χ2n) is 5.66. The Bertz CT molecular complexity index is 448. The zero-order valence-electron chi connectivity index (χ0n) is 12.2. The molecule has 1 aliphatic rings. The van der Waals surface area contributed by atoms with Crippen LogP contribution in [-0.2, 0) is 0 Å². The molecular formula is C14H23ClN2O2S. The van der Waals surface area contributed by atoms with Crippen LogP contribution in [0.2, 0.25) is 0 Å². The van der Waals surface area contributed by atoms with Gasteiger partial charge in [-0.2, -0.15) is 0 Å². The summed E-state index contributed by atoms with van der Waals surface area (Å²) in [5.74, 6) is 0.725. The van der Waals surface area contributed by atoms with Crippen molar-refractivity contribution in [3.8, 4) is 5.75 Å². The number of hydrogen-bond acceptors (Lipinski definition) is 4. The number of thiophene rings is 1. The molecule has 114 valence electrons. The Morgan fingerprint density at radius 2 is 2.35 bits per heavy atom. The second kappa shape index (κ2) is 7.29. The molecule has 1 saturated heterocycles. The minimum atomic E-state index is -0.0172. The van der Waals surface area contributed by atoms with E-state index in [0.29, 0.717) is 17.5 Å². The molecule has 4 nitrogen and oxygen atoms in total. The van der Waals surface area contributed by atoms with Crippen molar-refractivity contribution in [2.75, 3.05) is 20.2 Å². The molecule has 1 unspecified atom stereocenters. The molecule has 0 saturated carbocycles. The van der Waals surface area contributed by atoms with Crippen molar-refractivity contribution in [1.82, 2.24) is 10.6 Å². The molecule has 1 atom stereocenters. The van der Waals surface area contributed by atoms with Gasteiger partial charge in [0.2, 0.25) is 0 Å². The van der Waals surface area contributed by atoms with E-state index >= 15 is 0 Å². The maximum absolute atomic E-state index is 12.0. The molecule has 2 rings (SSSR count). The van der Waals surface area contributed by atoms with Gasteiger partial charge in [0.15, 0.2) is 0 Å². The van der Waals surface area contributed by atoms with Crippen molar-refractivity contribution in [1.29, 1.82) is 0 Å². The van der Waals surface area contributed by atoms with Crippen LogP contribution in [0.3, 0.4) is 0 Å². The van der Waals surface area contributed by atoms with Gasteiger partial charge < -0.3 is 15.4 Å². The van der Waals surface area contributed by atoms with Gasteiger partial charge in [0.05, 0.1) is 12.0 Å². The third kappa shape index (κ3) is 4.11. The quantitative estimate of drug-likeness (QED) is 0.897. The van der Waals surface area contributed by atoms with E-state index in [2.05, 4.69) is 24.5 Å². The van der Waals surface area contributed by atoms with Crippen LogP contribution in [0.15, 0.2) is 11.4 Å². The topological polar surface area (TPSA) is 50.4 Å². The first-order valence-electron chi connectivity index (χ1n) is 6.67. The van der Waals surface area contributed by atoms with Gasteiger partial charge in [-0.25, -0.2) is 0 Å². The predicted molar refractivity (Wildman–Crippen MR) is 85.3 cm³/mol. The third-order valence-corrected chi connectivity index (χ3v) is 4.74. The summed E-state index contributed by atoms with van der Waals surface area (Å²) in [5.41, 5.74) is 0.235. The number of methoxy groups -OCH3 is 1. The molecule has 0 aromatic carbocycles. The summed E-state index contributed by atoms with van der Waals surface area (Å²) >= 11 is 1.41. The highest BCUT2D eigenvalue weighted by Crippen LogP contribution is 2.29. The summed E-state index contributed by atoms with van der Waals surface area (Å²) in [5, 5.41) is 8.36. The van der Waals surface area contributed by atoms with Crippen LogP contribution < -0.4 is 15.4 Å². The lowest BCUT2D eigenvalue weighted by molar-refractivity contribution is 0.0932. The molecule has 2 N–H and O–H groups in total. The molecule has 6 heteroatoms. The molecule has 2 heterocycles. The number of nitrogens with one attached hydrogen (secondary N) is 2. The van der Waals surface area contributed by atoms with Gasteiger partial charge in [0, 0.05) is 24.0 Å². The Morgan fingerprint density at radius 3 is 2.95 bits per heavy atom. The van der Waals surface area contributed by atoms with E-state index in [9.17, 15) is 4.79 Å². The number of halogens is 1. The number of ether oxygens (including phenoxy) is 1. The molecule has 0 aliphatic carbocycles. The van der Waals surface area contributed by atoms with E-state index in [0.717, 1.165) is 12.3 Å². The van der Waals surface area contributed by atoms with Crippen molar-refractivity contribution in [3.63, 3.8) is 0 Å². The first-order valence-corrected chi connectivity index (χ1v) is 7.55. The molecule has 1 fully saturated rings. The van der Waals surface area contributed by atoms with Gasteiger partial charge in [0.25, 0.3) is 5.91 Å². The Kier molecular flexibility index (Phi) is 6.30. The van der Waals surface area contributed by atoms with E-state index in [1.165, 1.54) is 24.2 Å². The van der Waals surface area contributed by atoms with Crippen LogP contribution in [0.5, 0.6) is 5.75 Å². The lowest BCUT2D eigenvalue weighted by Gasteiger charge is -2.39. The monoisotopic (exact) mass is 318 g/mol. The van der Waals surface area contributed by atoms with Crippen molar-refractivity contribution in [3.05, 3.63) is 16.3 Å². The summed E-state index contributed by atoms with van der Waals surface area (Å²) in [6.07, 6.45) is 2.41. The average Bonchev–Trinajstić information content (AvgIpc) is 2.85. The van der Waals surface area contributed by atoms with Gasteiger partial charge in [-0.1, -0.05) is 13.8 Å². The molecule has 20 heavy (non-hydrogen) atoms. The zero-order valence-corrected chi connectivity index (χ0v) is 13.8. The van der Waals surface area contributed by atoms with Gasteiger partial charge in [0.1, 0.15) is 5.75 Å². The molecule has 0 radical (unpaired) electrons. The lowest BCUT2D eigenvalue weighted by Crippen LogP contribution is -2.52. The summed E-state index contributed by atoms with van der Waals surface area (Å²) in [6.45, 7) is 6.22. The number of carbonyl (C=O) groups excluding carboxylic acids is 1. The fourth-order valence-electron chi connectivity index (χ4n) is 2.45.